The predicted octanol–water partition coefficient (Wildman–Crippen LogP) is -0.618. The first-order chi connectivity index (χ1) is 1.91. The number of carbonyl (C=O) groups is 2. The van der Waals surface area contributed by atoms with Gasteiger partial charge in [0.25, 0.3) is 0 Å². The maximum Gasteiger partial charge on any atom is 0.182 e. The van der Waals surface area contributed by atoms with Crippen molar-refractivity contribution in [1.82, 2.24) is 0 Å². The summed E-state index contributed by atoms with van der Waals surface area (Å²) in [6, 6.07) is 0. The van der Waals surface area contributed by atoms with E-state index in [-0.39, 0.29) is 32.1 Å². The van der Waals surface area contributed by atoms with Crippen molar-refractivity contribution in [3.8, 4) is 0 Å². The minimum absolute atomic E-state index is 0. The predicted molar refractivity (Wildman–Crippen MR) is 12.1 cm³/mol. The zero-order chi connectivity index (χ0) is 3.41. The van der Waals surface area contributed by atoms with Crippen LogP contribution in [0.4, 0.5) is 0 Å². The van der Waals surface area contributed by atoms with Crippen molar-refractivity contribution < 1.29 is 29.1 Å². The molecule has 0 N–H and O–H groups in total. The van der Waals surface area contributed by atoms with E-state index in [9.17, 15) is 0 Å². The van der Waals surface area contributed by atoms with Crippen molar-refractivity contribution in [3.63, 3.8) is 0 Å². The Labute approximate surface area is 42.3 Å². The third kappa shape index (κ3) is 16.5. The van der Waals surface area contributed by atoms with Gasteiger partial charge >= 0.3 is 0 Å². The summed E-state index contributed by atoms with van der Waals surface area (Å²) in [5.74, 6) is 0. The molecule has 0 atom stereocenters. The summed E-state index contributed by atoms with van der Waals surface area (Å²) in [6.45, 7) is 0. The maximum atomic E-state index is 8.81. The van der Waals surface area contributed by atoms with Gasteiger partial charge in [0.05, 0.1) is 0 Å². The second kappa shape index (κ2) is 9.03. The van der Waals surface area contributed by atoms with Crippen LogP contribution >= 0.6 is 0 Å². The number of carbonyl (C=O) groups excluding carboxylic acids is 2. The first kappa shape index (κ1) is 8.88. The number of hydrogen-bond donors (Lipinski definition) is 0. The number of rotatable bonds is 1. The van der Waals surface area contributed by atoms with Crippen LogP contribution in [0.3, 0.4) is 0 Å². The molecule has 0 rings (SSSR count). The average Bonchev–Trinajstić information content (AvgIpc) is 1.37. The van der Waals surface area contributed by atoms with Crippen LogP contribution in [-0.4, -0.2) is 12.6 Å². The first-order valence-corrected chi connectivity index (χ1v) is 0.805. The summed E-state index contributed by atoms with van der Waals surface area (Å²) in [6.07, 6.45) is 0.389. The van der Waals surface area contributed by atoms with E-state index in [2.05, 4.69) is 0 Å². The Bertz CT molecular complexity index is 28.6. The molecule has 0 unspecified atom stereocenters. The summed E-state index contributed by atoms with van der Waals surface area (Å²) in [5, 5.41) is 0. The number of aldehydes is 2. The Kier molecular flexibility index (Phi) is 16.0. The topological polar surface area (TPSA) is 34.1 Å². The van der Waals surface area contributed by atoms with Crippen LogP contribution in [0.1, 0.15) is 0 Å². The summed E-state index contributed by atoms with van der Waals surface area (Å²) in [7, 11) is 0. The monoisotopic (exact) mass is 161 g/mol. The second-order valence-electron chi connectivity index (χ2n) is 0.272. The van der Waals surface area contributed by atoms with E-state index in [1.165, 1.54) is 0 Å². The van der Waals surface area contributed by atoms with E-state index in [0.29, 0.717) is 0 Å². The van der Waals surface area contributed by atoms with Crippen molar-refractivity contribution in [2.75, 3.05) is 0 Å². The van der Waals surface area contributed by atoms with Crippen LogP contribution in [0.15, 0.2) is 0 Å². The Balaban J connectivity index is 0. The average molecular weight is 161 g/mol. The van der Waals surface area contributed by atoms with Gasteiger partial charge in [-0.15, -0.1) is 0 Å². The largest absolute Gasteiger partial charge is 0.295 e. The molecule has 1 radical (unpaired) electrons. The Morgan fingerprint density at radius 2 is 1.20 bits per heavy atom. The Morgan fingerprint density at radius 1 is 1.00 bits per heavy atom. The van der Waals surface area contributed by atoms with Crippen LogP contribution in [0.25, 0.3) is 0 Å². The van der Waals surface area contributed by atoms with E-state index in [1.54, 1.807) is 0 Å². The molecule has 0 aromatic rings. The molecule has 0 spiro atoms. The van der Waals surface area contributed by atoms with Gasteiger partial charge in [-0.1, -0.05) is 0 Å². The van der Waals surface area contributed by atoms with Crippen molar-refractivity contribution in [1.29, 1.82) is 0 Å². The van der Waals surface area contributed by atoms with Gasteiger partial charge in [0.2, 0.25) is 0 Å². The smallest absolute Gasteiger partial charge is 0.182 e. The molecule has 0 fully saturated rings. The molecule has 0 aliphatic rings. The molecule has 0 aliphatic carbocycles. The van der Waals surface area contributed by atoms with Crippen LogP contribution < -0.4 is 0 Å². The van der Waals surface area contributed by atoms with Gasteiger partial charge in [-0.2, -0.15) is 0 Å². The fourth-order valence-corrected chi connectivity index (χ4v) is 0. The van der Waals surface area contributed by atoms with Crippen molar-refractivity contribution >= 4 is 12.6 Å². The molecule has 0 aromatic carbocycles. The fourth-order valence-electron chi connectivity index (χ4n) is 0. The molecule has 0 bridgehead atoms. The summed E-state index contributed by atoms with van der Waals surface area (Å²) >= 11 is 0. The molecule has 0 heterocycles. The zero-order valence-corrected chi connectivity index (χ0v) is 3.94. The normalized spacial score (nSPS) is 4.00. The molecule has 31 valence electrons. The van der Waals surface area contributed by atoms with Crippen molar-refractivity contribution in [2.24, 2.45) is 0 Å². The van der Waals surface area contributed by atoms with E-state index in [0.717, 1.165) is 0 Å². The zero-order valence-electron chi connectivity index (χ0n) is 2.30. The molecule has 0 aliphatic heterocycles. The molecule has 0 saturated heterocycles. The van der Waals surface area contributed by atoms with Gasteiger partial charge in [-0.25, -0.2) is 0 Å². The summed E-state index contributed by atoms with van der Waals surface area (Å²) in [5.41, 5.74) is 0. The van der Waals surface area contributed by atoms with Crippen molar-refractivity contribution in [3.05, 3.63) is 0 Å². The van der Waals surface area contributed by atoms with E-state index < -0.39 is 0 Å². The van der Waals surface area contributed by atoms with Crippen LogP contribution in [0, 0.1) is 0 Å². The summed E-state index contributed by atoms with van der Waals surface area (Å²) < 4.78 is 0. The van der Waals surface area contributed by atoms with Crippen molar-refractivity contribution in [2.45, 2.75) is 0 Å². The van der Waals surface area contributed by atoms with E-state index in [1.807, 2.05) is 0 Å². The molecule has 2 nitrogen and oxygen atoms in total. The number of hydrogen-bond acceptors (Lipinski definition) is 2. The molecule has 5 heavy (non-hydrogen) atoms. The first-order valence-electron chi connectivity index (χ1n) is 0.805. The van der Waals surface area contributed by atoms with E-state index in [4.69, 9.17) is 9.59 Å². The molecule has 0 aromatic heterocycles. The van der Waals surface area contributed by atoms with E-state index >= 15 is 0 Å². The molecular weight excluding hydrogens is 159 g/mol. The molecule has 3 heteroatoms. The van der Waals surface area contributed by atoms with Crippen LogP contribution in [-0.2, 0) is 29.1 Å². The SMILES string of the molecule is O=CC=O.[Rh]. The third-order valence-electron chi connectivity index (χ3n) is 0.0556. The van der Waals surface area contributed by atoms with Gasteiger partial charge < -0.3 is 0 Å². The summed E-state index contributed by atoms with van der Waals surface area (Å²) in [4.78, 5) is 17.6. The quantitative estimate of drug-likeness (QED) is 0.292. The minimum atomic E-state index is 0. The van der Waals surface area contributed by atoms with Gasteiger partial charge in [0.1, 0.15) is 0 Å². The van der Waals surface area contributed by atoms with Gasteiger partial charge in [-0.3, -0.25) is 9.59 Å². The van der Waals surface area contributed by atoms with Gasteiger partial charge in [-0.05, 0) is 0 Å². The van der Waals surface area contributed by atoms with Crippen LogP contribution in [0.2, 0.25) is 0 Å². The fraction of sp³-hybridized carbons (Fsp3) is 0. The minimum Gasteiger partial charge on any atom is -0.295 e. The Hall–Kier alpha value is -0.0366. The maximum absolute atomic E-state index is 8.81. The molecule has 0 saturated carbocycles. The van der Waals surface area contributed by atoms with Gasteiger partial charge in [0.15, 0.2) is 12.6 Å². The Morgan fingerprint density at radius 3 is 1.20 bits per heavy atom. The van der Waals surface area contributed by atoms with Gasteiger partial charge in [0, 0.05) is 19.5 Å². The second-order valence-corrected chi connectivity index (χ2v) is 0.272. The molecule has 0 amide bonds. The third-order valence-corrected chi connectivity index (χ3v) is 0.0556. The molecular formula is C2H2O2Rh. The standard InChI is InChI=1S/C2H2O2.Rh/c3-1-2-4;/h1-2H;. The van der Waals surface area contributed by atoms with Crippen LogP contribution in [0.5, 0.6) is 0 Å².